The Morgan fingerprint density at radius 1 is 1.56 bits per heavy atom. The van der Waals surface area contributed by atoms with Gasteiger partial charge in [0.2, 0.25) is 5.91 Å². The van der Waals surface area contributed by atoms with Gasteiger partial charge in [-0.15, -0.1) is 0 Å². The maximum Gasteiger partial charge on any atom is 0.234 e. The van der Waals surface area contributed by atoms with E-state index < -0.39 is 0 Å². The molecule has 1 fully saturated rings. The summed E-state index contributed by atoms with van der Waals surface area (Å²) in [6, 6.07) is 0.478. The van der Waals surface area contributed by atoms with Gasteiger partial charge in [0.05, 0.1) is 12.6 Å². The molecule has 1 heterocycles. The van der Waals surface area contributed by atoms with Gasteiger partial charge in [0.15, 0.2) is 0 Å². The normalized spacial score (nSPS) is 21.2. The second-order valence-electron chi connectivity index (χ2n) is 5.21. The number of carbonyl (C=O) groups is 1. The van der Waals surface area contributed by atoms with E-state index in [1.807, 2.05) is 13.8 Å². The number of amides is 1. The molecule has 0 aromatic heterocycles. The van der Waals surface area contributed by atoms with Crippen LogP contribution in [0, 0.1) is 0 Å². The van der Waals surface area contributed by atoms with Gasteiger partial charge in [0.25, 0.3) is 0 Å². The van der Waals surface area contributed by atoms with E-state index in [2.05, 4.69) is 22.5 Å². The third kappa shape index (κ3) is 6.93. The van der Waals surface area contributed by atoms with Gasteiger partial charge in [0, 0.05) is 38.8 Å². The zero-order valence-electron chi connectivity index (χ0n) is 11.9. The number of carbonyl (C=O) groups excluding carboxylic acids is 1. The minimum atomic E-state index is 0.119. The van der Waals surface area contributed by atoms with Crippen LogP contribution in [0.5, 0.6) is 0 Å². The van der Waals surface area contributed by atoms with Crippen molar-refractivity contribution in [3.63, 3.8) is 0 Å². The lowest BCUT2D eigenvalue weighted by molar-refractivity contribution is -0.122. The molecule has 1 atom stereocenters. The second kappa shape index (κ2) is 8.45. The fourth-order valence-electron chi connectivity index (χ4n) is 2.03. The Morgan fingerprint density at radius 2 is 2.33 bits per heavy atom. The standard InChI is InChI=1S/C13H27N3O2/c1-11(2)18-8-4-5-15-13(17)10-16-7-6-14-12(3)9-16/h11-12,14H,4-10H2,1-3H3,(H,15,17)/t12-/m1/s1. The van der Waals surface area contributed by atoms with Crippen molar-refractivity contribution in [1.29, 1.82) is 0 Å². The molecule has 0 aromatic rings. The van der Waals surface area contributed by atoms with Crippen LogP contribution in [0.2, 0.25) is 0 Å². The summed E-state index contributed by atoms with van der Waals surface area (Å²) in [4.78, 5) is 13.9. The summed E-state index contributed by atoms with van der Waals surface area (Å²) in [5.41, 5.74) is 0. The summed E-state index contributed by atoms with van der Waals surface area (Å²) >= 11 is 0. The molecule has 0 saturated carbocycles. The van der Waals surface area contributed by atoms with Crippen LogP contribution in [0.4, 0.5) is 0 Å². The van der Waals surface area contributed by atoms with Crippen LogP contribution in [0.3, 0.4) is 0 Å². The second-order valence-corrected chi connectivity index (χ2v) is 5.21. The van der Waals surface area contributed by atoms with Crippen LogP contribution in [0.1, 0.15) is 27.2 Å². The molecule has 0 spiro atoms. The lowest BCUT2D eigenvalue weighted by Gasteiger charge is -2.31. The molecule has 1 aliphatic heterocycles. The smallest absolute Gasteiger partial charge is 0.234 e. The van der Waals surface area contributed by atoms with Gasteiger partial charge in [-0.1, -0.05) is 0 Å². The summed E-state index contributed by atoms with van der Waals surface area (Å²) < 4.78 is 5.42. The zero-order valence-corrected chi connectivity index (χ0v) is 11.9. The Labute approximate surface area is 110 Å². The molecule has 0 aromatic carbocycles. The van der Waals surface area contributed by atoms with Gasteiger partial charge < -0.3 is 15.4 Å². The molecule has 0 radical (unpaired) electrons. The average Bonchev–Trinajstić information content (AvgIpc) is 2.28. The monoisotopic (exact) mass is 257 g/mol. The van der Waals surface area contributed by atoms with Gasteiger partial charge in [0.1, 0.15) is 0 Å². The van der Waals surface area contributed by atoms with Crippen molar-refractivity contribution >= 4 is 5.91 Å². The summed E-state index contributed by atoms with van der Waals surface area (Å²) in [5, 5.41) is 6.30. The molecule has 1 aliphatic rings. The van der Waals surface area contributed by atoms with Gasteiger partial charge >= 0.3 is 0 Å². The van der Waals surface area contributed by atoms with Crippen molar-refractivity contribution < 1.29 is 9.53 Å². The zero-order chi connectivity index (χ0) is 13.4. The van der Waals surface area contributed by atoms with E-state index in [0.717, 1.165) is 26.1 Å². The minimum Gasteiger partial charge on any atom is -0.379 e. The molecule has 0 bridgehead atoms. The van der Waals surface area contributed by atoms with Crippen LogP contribution >= 0.6 is 0 Å². The lowest BCUT2D eigenvalue weighted by atomic mass is 10.2. The largest absolute Gasteiger partial charge is 0.379 e. The Balaban J connectivity index is 2.03. The van der Waals surface area contributed by atoms with Crippen molar-refractivity contribution in [3.8, 4) is 0 Å². The van der Waals surface area contributed by atoms with E-state index in [0.29, 0.717) is 25.7 Å². The molecule has 0 aliphatic carbocycles. The minimum absolute atomic E-state index is 0.119. The number of nitrogens with zero attached hydrogens (tertiary/aromatic N) is 1. The average molecular weight is 257 g/mol. The quantitative estimate of drug-likeness (QED) is 0.640. The van der Waals surface area contributed by atoms with Crippen LogP contribution in [-0.4, -0.2) is 62.3 Å². The Hall–Kier alpha value is -0.650. The Bertz CT molecular complexity index is 246. The van der Waals surface area contributed by atoms with Gasteiger partial charge in [-0.3, -0.25) is 9.69 Å². The summed E-state index contributed by atoms with van der Waals surface area (Å²) in [7, 11) is 0. The number of rotatable bonds is 7. The van der Waals surface area contributed by atoms with E-state index in [-0.39, 0.29) is 12.0 Å². The predicted octanol–water partition coefficient (Wildman–Crippen LogP) is 0.211. The van der Waals surface area contributed by atoms with E-state index in [9.17, 15) is 4.79 Å². The number of ether oxygens (including phenoxy) is 1. The molecule has 5 heteroatoms. The Kier molecular flexibility index (Phi) is 7.23. The highest BCUT2D eigenvalue weighted by atomic mass is 16.5. The van der Waals surface area contributed by atoms with Crippen molar-refractivity contribution in [2.24, 2.45) is 0 Å². The van der Waals surface area contributed by atoms with E-state index in [4.69, 9.17) is 4.74 Å². The first-order chi connectivity index (χ1) is 8.58. The molecule has 1 saturated heterocycles. The molecule has 0 unspecified atom stereocenters. The SMILES string of the molecule is CC(C)OCCCNC(=O)CN1CCN[C@H](C)C1. The van der Waals surface area contributed by atoms with Crippen LogP contribution in [0.25, 0.3) is 0 Å². The van der Waals surface area contributed by atoms with Gasteiger partial charge in [-0.2, -0.15) is 0 Å². The van der Waals surface area contributed by atoms with Crippen LogP contribution in [-0.2, 0) is 9.53 Å². The Morgan fingerprint density at radius 3 is 3.00 bits per heavy atom. The van der Waals surface area contributed by atoms with Crippen molar-refractivity contribution in [1.82, 2.24) is 15.5 Å². The van der Waals surface area contributed by atoms with Crippen molar-refractivity contribution in [2.45, 2.75) is 39.3 Å². The molecule has 1 amide bonds. The predicted molar refractivity (Wildman–Crippen MR) is 72.6 cm³/mol. The maximum atomic E-state index is 11.7. The fourth-order valence-corrected chi connectivity index (χ4v) is 2.03. The highest BCUT2D eigenvalue weighted by Gasteiger charge is 2.17. The number of nitrogens with one attached hydrogen (secondary N) is 2. The molecular formula is C13H27N3O2. The molecular weight excluding hydrogens is 230 g/mol. The molecule has 5 nitrogen and oxygen atoms in total. The van der Waals surface area contributed by atoms with E-state index in [1.165, 1.54) is 0 Å². The highest BCUT2D eigenvalue weighted by molar-refractivity contribution is 5.77. The number of piperazine rings is 1. The van der Waals surface area contributed by atoms with Crippen molar-refractivity contribution in [3.05, 3.63) is 0 Å². The highest BCUT2D eigenvalue weighted by Crippen LogP contribution is 1.97. The third-order valence-corrected chi connectivity index (χ3v) is 2.91. The van der Waals surface area contributed by atoms with Gasteiger partial charge in [-0.05, 0) is 27.2 Å². The molecule has 18 heavy (non-hydrogen) atoms. The van der Waals surface area contributed by atoms with Gasteiger partial charge in [-0.25, -0.2) is 0 Å². The van der Waals surface area contributed by atoms with Crippen molar-refractivity contribution in [2.75, 3.05) is 39.3 Å². The van der Waals surface area contributed by atoms with E-state index >= 15 is 0 Å². The maximum absolute atomic E-state index is 11.7. The third-order valence-electron chi connectivity index (χ3n) is 2.91. The van der Waals surface area contributed by atoms with E-state index in [1.54, 1.807) is 0 Å². The lowest BCUT2D eigenvalue weighted by Crippen LogP contribution is -2.51. The molecule has 106 valence electrons. The summed E-state index contributed by atoms with van der Waals surface area (Å²) in [5.74, 6) is 0.119. The molecule has 1 rings (SSSR count). The van der Waals surface area contributed by atoms with Crippen LogP contribution < -0.4 is 10.6 Å². The van der Waals surface area contributed by atoms with Crippen LogP contribution in [0.15, 0.2) is 0 Å². The summed E-state index contributed by atoms with van der Waals surface area (Å²) in [6.07, 6.45) is 1.14. The fraction of sp³-hybridized carbons (Fsp3) is 0.923. The first-order valence-electron chi connectivity index (χ1n) is 6.92. The number of hydrogen-bond donors (Lipinski definition) is 2. The molecule has 2 N–H and O–H groups in total. The topological polar surface area (TPSA) is 53.6 Å². The first-order valence-corrected chi connectivity index (χ1v) is 6.92. The first kappa shape index (κ1) is 15.4. The summed E-state index contributed by atoms with van der Waals surface area (Å²) in [6.45, 7) is 11.0. The number of hydrogen-bond acceptors (Lipinski definition) is 4.